The van der Waals surface area contributed by atoms with Crippen LogP contribution in [0.2, 0.25) is 0 Å². The first-order valence-corrected chi connectivity index (χ1v) is 11.4. The van der Waals surface area contributed by atoms with Crippen LogP contribution in [0.4, 0.5) is 5.82 Å². The Morgan fingerprint density at radius 2 is 1.91 bits per heavy atom. The number of anilines is 1. The van der Waals surface area contributed by atoms with Crippen molar-refractivity contribution in [1.82, 2.24) is 29.6 Å². The molecule has 4 aromatic rings. The molecule has 0 unspecified atom stereocenters. The van der Waals surface area contributed by atoms with Gasteiger partial charge in [0.25, 0.3) is 0 Å². The predicted octanol–water partition coefficient (Wildman–Crippen LogP) is 3.82. The lowest BCUT2D eigenvalue weighted by atomic mass is 10.1. The van der Waals surface area contributed by atoms with Gasteiger partial charge < -0.3 is 15.0 Å². The maximum atomic E-state index is 5.44. The first-order valence-electron chi connectivity index (χ1n) is 11.4. The van der Waals surface area contributed by atoms with Gasteiger partial charge in [0.1, 0.15) is 17.9 Å². The molecule has 4 heterocycles. The molecule has 170 valence electrons. The van der Waals surface area contributed by atoms with Crippen LogP contribution in [-0.4, -0.2) is 63.4 Å². The molecule has 1 aromatic carbocycles. The average molecular weight is 444 g/mol. The van der Waals surface area contributed by atoms with Gasteiger partial charge in [-0.05, 0) is 57.1 Å². The topological polar surface area (TPSA) is 81.0 Å². The summed E-state index contributed by atoms with van der Waals surface area (Å²) in [6.45, 7) is 2.94. The molecule has 0 saturated carbocycles. The number of hydrogen-bond acceptors (Lipinski definition) is 7. The molecule has 33 heavy (non-hydrogen) atoms. The van der Waals surface area contributed by atoms with E-state index in [4.69, 9.17) is 9.72 Å². The number of pyridine rings is 1. The van der Waals surface area contributed by atoms with Gasteiger partial charge in [-0.1, -0.05) is 18.2 Å². The van der Waals surface area contributed by atoms with Crippen molar-refractivity contribution in [3.05, 3.63) is 60.7 Å². The lowest BCUT2D eigenvalue weighted by Crippen LogP contribution is -2.31. The maximum Gasteiger partial charge on any atom is 0.158 e. The van der Waals surface area contributed by atoms with Crippen molar-refractivity contribution in [2.45, 2.75) is 25.3 Å². The van der Waals surface area contributed by atoms with Crippen molar-refractivity contribution in [1.29, 1.82) is 0 Å². The Morgan fingerprint density at radius 3 is 2.76 bits per heavy atom. The fourth-order valence-electron chi connectivity index (χ4n) is 4.43. The van der Waals surface area contributed by atoms with Gasteiger partial charge in [-0.3, -0.25) is 0 Å². The lowest BCUT2D eigenvalue weighted by Gasteiger charge is -2.29. The van der Waals surface area contributed by atoms with Gasteiger partial charge in [-0.2, -0.15) is 5.10 Å². The Morgan fingerprint density at radius 1 is 1.06 bits per heavy atom. The molecule has 8 heteroatoms. The number of rotatable bonds is 7. The SMILES string of the molecule is COc1ccccc1CCNc1cc(-c2cnc3c(cnn3C3CCN(C)CC3)c2)ncn1. The molecule has 0 spiro atoms. The number of nitrogens with zero attached hydrogens (tertiary/aromatic N) is 6. The summed E-state index contributed by atoms with van der Waals surface area (Å²) in [6.07, 6.45) is 8.44. The third-order valence-corrected chi connectivity index (χ3v) is 6.32. The van der Waals surface area contributed by atoms with E-state index in [1.54, 1.807) is 13.4 Å². The number of para-hydroxylation sites is 1. The molecule has 0 aliphatic carbocycles. The summed E-state index contributed by atoms with van der Waals surface area (Å²) < 4.78 is 7.53. The molecule has 1 saturated heterocycles. The molecule has 5 rings (SSSR count). The summed E-state index contributed by atoms with van der Waals surface area (Å²) in [7, 11) is 3.87. The minimum absolute atomic E-state index is 0.412. The molecule has 1 aliphatic heterocycles. The van der Waals surface area contributed by atoms with Gasteiger partial charge in [0.2, 0.25) is 0 Å². The molecule has 0 amide bonds. The first kappa shape index (κ1) is 21.3. The van der Waals surface area contributed by atoms with E-state index in [0.29, 0.717) is 6.04 Å². The van der Waals surface area contributed by atoms with Gasteiger partial charge in [-0.15, -0.1) is 0 Å². The summed E-state index contributed by atoms with van der Waals surface area (Å²) in [4.78, 5) is 16.0. The Labute approximate surface area is 193 Å². The summed E-state index contributed by atoms with van der Waals surface area (Å²) in [5.74, 6) is 1.69. The zero-order valence-corrected chi connectivity index (χ0v) is 19.1. The Balaban J connectivity index is 1.29. The second-order valence-corrected chi connectivity index (χ2v) is 8.54. The van der Waals surface area contributed by atoms with E-state index < -0.39 is 0 Å². The lowest BCUT2D eigenvalue weighted by molar-refractivity contribution is 0.215. The number of benzene rings is 1. The van der Waals surface area contributed by atoms with Crippen LogP contribution in [0, 0.1) is 0 Å². The fourth-order valence-corrected chi connectivity index (χ4v) is 4.43. The van der Waals surface area contributed by atoms with Gasteiger partial charge in [0.05, 0.1) is 25.0 Å². The molecular weight excluding hydrogens is 414 g/mol. The second kappa shape index (κ2) is 9.54. The molecule has 0 bridgehead atoms. The highest BCUT2D eigenvalue weighted by Gasteiger charge is 2.21. The van der Waals surface area contributed by atoms with E-state index >= 15 is 0 Å². The van der Waals surface area contributed by atoms with Crippen LogP contribution < -0.4 is 10.1 Å². The molecule has 3 aromatic heterocycles. The van der Waals surface area contributed by atoms with Crippen molar-refractivity contribution < 1.29 is 4.74 Å². The summed E-state index contributed by atoms with van der Waals surface area (Å²) in [5.41, 5.74) is 3.91. The molecular formula is C25H29N7O. The van der Waals surface area contributed by atoms with E-state index in [1.807, 2.05) is 36.7 Å². The van der Waals surface area contributed by atoms with E-state index in [-0.39, 0.29) is 0 Å². The highest BCUT2D eigenvalue weighted by Crippen LogP contribution is 2.27. The molecule has 1 N–H and O–H groups in total. The largest absolute Gasteiger partial charge is 0.496 e. The van der Waals surface area contributed by atoms with Gasteiger partial charge in [0.15, 0.2) is 5.65 Å². The number of nitrogens with one attached hydrogen (secondary N) is 1. The summed E-state index contributed by atoms with van der Waals surface area (Å²) >= 11 is 0. The Hall–Kier alpha value is -3.52. The van der Waals surface area contributed by atoms with Crippen LogP contribution in [0.3, 0.4) is 0 Å². The number of aromatic nitrogens is 5. The van der Waals surface area contributed by atoms with Gasteiger partial charge in [-0.25, -0.2) is 19.6 Å². The van der Waals surface area contributed by atoms with E-state index in [1.165, 1.54) is 0 Å². The van der Waals surface area contributed by atoms with Crippen molar-refractivity contribution >= 4 is 16.9 Å². The fraction of sp³-hybridized carbons (Fsp3) is 0.360. The van der Waals surface area contributed by atoms with Crippen molar-refractivity contribution in [3.63, 3.8) is 0 Å². The van der Waals surface area contributed by atoms with Crippen LogP contribution in [0.5, 0.6) is 5.75 Å². The highest BCUT2D eigenvalue weighted by atomic mass is 16.5. The molecule has 1 aliphatic rings. The number of hydrogen-bond donors (Lipinski definition) is 1. The first-order chi connectivity index (χ1) is 16.2. The molecule has 0 atom stereocenters. The van der Waals surface area contributed by atoms with E-state index in [2.05, 4.69) is 49.1 Å². The van der Waals surface area contributed by atoms with Crippen LogP contribution in [0.25, 0.3) is 22.3 Å². The predicted molar refractivity (Wildman–Crippen MR) is 130 cm³/mol. The zero-order valence-electron chi connectivity index (χ0n) is 19.1. The molecule has 0 radical (unpaired) electrons. The minimum atomic E-state index is 0.412. The smallest absolute Gasteiger partial charge is 0.158 e. The van der Waals surface area contributed by atoms with E-state index in [0.717, 1.165) is 78.3 Å². The van der Waals surface area contributed by atoms with Crippen LogP contribution >= 0.6 is 0 Å². The average Bonchev–Trinajstić information content (AvgIpc) is 3.28. The quantitative estimate of drug-likeness (QED) is 0.465. The Bertz CT molecular complexity index is 1230. The normalized spacial score (nSPS) is 15.1. The molecule has 1 fully saturated rings. The minimum Gasteiger partial charge on any atom is -0.496 e. The van der Waals surface area contributed by atoms with Gasteiger partial charge in [0, 0.05) is 29.8 Å². The number of fused-ring (bicyclic) bond motifs is 1. The van der Waals surface area contributed by atoms with Crippen LogP contribution in [0.1, 0.15) is 24.4 Å². The third kappa shape index (κ3) is 4.66. The standard InChI is InChI=1S/C25H29N7O/c1-31-11-8-21(9-12-31)32-25-20(16-30-32)13-19(15-27-25)22-14-24(29-17-28-22)26-10-7-18-5-3-4-6-23(18)33-2/h3-6,13-17,21H,7-12H2,1-2H3,(H,26,28,29). The summed E-state index contributed by atoms with van der Waals surface area (Å²) in [6, 6.07) is 12.6. The van der Waals surface area contributed by atoms with Crippen molar-refractivity contribution in [3.8, 4) is 17.0 Å². The third-order valence-electron chi connectivity index (χ3n) is 6.32. The maximum absolute atomic E-state index is 5.44. The highest BCUT2D eigenvalue weighted by molar-refractivity contribution is 5.80. The summed E-state index contributed by atoms with van der Waals surface area (Å²) in [5, 5.41) is 9.09. The van der Waals surface area contributed by atoms with Crippen molar-refractivity contribution in [2.75, 3.05) is 39.1 Å². The second-order valence-electron chi connectivity index (χ2n) is 8.54. The Kier molecular flexibility index (Phi) is 6.17. The number of piperidine rings is 1. The monoisotopic (exact) mass is 443 g/mol. The molecule has 8 nitrogen and oxygen atoms in total. The zero-order chi connectivity index (χ0) is 22.6. The number of methoxy groups -OCH3 is 1. The van der Waals surface area contributed by atoms with E-state index in [9.17, 15) is 0 Å². The number of likely N-dealkylation sites (tertiary alicyclic amines) is 1. The van der Waals surface area contributed by atoms with Crippen LogP contribution in [0.15, 0.2) is 55.1 Å². The van der Waals surface area contributed by atoms with Crippen LogP contribution in [-0.2, 0) is 6.42 Å². The number of ether oxygens (including phenoxy) is 1. The van der Waals surface area contributed by atoms with Crippen molar-refractivity contribution in [2.24, 2.45) is 0 Å². The van der Waals surface area contributed by atoms with Gasteiger partial charge >= 0.3 is 0 Å².